The maximum atomic E-state index is 3.56. The van der Waals surface area contributed by atoms with Gasteiger partial charge in [0.1, 0.15) is 0 Å². The van der Waals surface area contributed by atoms with Crippen molar-refractivity contribution in [2.45, 2.75) is 34.1 Å². The van der Waals surface area contributed by atoms with Crippen molar-refractivity contribution in [1.29, 1.82) is 0 Å². The van der Waals surface area contributed by atoms with Gasteiger partial charge in [-0.25, -0.2) is 0 Å². The summed E-state index contributed by atoms with van der Waals surface area (Å²) in [7, 11) is 0. The Labute approximate surface area is 118 Å². The largest absolute Gasteiger partial charge is 0.371 e. The molecule has 19 heavy (non-hydrogen) atoms. The third-order valence-electron chi connectivity index (χ3n) is 4.76. The molecule has 1 saturated heterocycles. The molecular formula is C17H28N2. The molecule has 2 rings (SSSR count). The van der Waals surface area contributed by atoms with Gasteiger partial charge < -0.3 is 10.2 Å². The second-order valence-electron chi connectivity index (χ2n) is 6.30. The number of anilines is 1. The molecule has 1 fully saturated rings. The normalized spacial score (nSPS) is 23.0. The van der Waals surface area contributed by atoms with Crippen LogP contribution in [0.15, 0.2) is 24.3 Å². The zero-order valence-corrected chi connectivity index (χ0v) is 12.9. The summed E-state index contributed by atoms with van der Waals surface area (Å²) in [6, 6.07) is 8.89. The van der Waals surface area contributed by atoms with Crippen LogP contribution in [0.4, 0.5) is 5.69 Å². The lowest BCUT2D eigenvalue weighted by atomic mass is 9.76. The quantitative estimate of drug-likeness (QED) is 0.872. The molecule has 1 atom stereocenters. The standard InChI is InChI=1S/C17H28N2/c1-5-19(16-8-6-7-15(4)11-16)13-17(14(2)3)9-10-18-12-17/h6-8,11,14,18H,5,9-10,12-13H2,1-4H3. The maximum Gasteiger partial charge on any atom is 0.0368 e. The number of nitrogens with zero attached hydrogens (tertiary/aromatic N) is 1. The zero-order chi connectivity index (χ0) is 13.9. The highest BCUT2D eigenvalue weighted by Crippen LogP contribution is 2.36. The van der Waals surface area contributed by atoms with Crippen LogP contribution >= 0.6 is 0 Å². The van der Waals surface area contributed by atoms with E-state index in [0.29, 0.717) is 5.41 Å². The highest BCUT2D eigenvalue weighted by atomic mass is 15.1. The number of nitrogens with one attached hydrogen (secondary N) is 1. The van der Waals surface area contributed by atoms with Crippen molar-refractivity contribution in [1.82, 2.24) is 5.32 Å². The van der Waals surface area contributed by atoms with E-state index < -0.39 is 0 Å². The number of hydrogen-bond acceptors (Lipinski definition) is 2. The van der Waals surface area contributed by atoms with Crippen LogP contribution in [0.3, 0.4) is 0 Å². The van der Waals surface area contributed by atoms with Gasteiger partial charge in [0, 0.05) is 30.7 Å². The average molecular weight is 260 g/mol. The Bertz CT molecular complexity index is 405. The van der Waals surface area contributed by atoms with E-state index in [1.54, 1.807) is 0 Å². The molecule has 0 spiro atoms. The first-order chi connectivity index (χ1) is 9.07. The van der Waals surface area contributed by atoms with Gasteiger partial charge in [-0.1, -0.05) is 26.0 Å². The lowest BCUT2D eigenvalue weighted by Crippen LogP contribution is -2.42. The first-order valence-corrected chi connectivity index (χ1v) is 7.60. The topological polar surface area (TPSA) is 15.3 Å². The van der Waals surface area contributed by atoms with E-state index in [2.05, 4.69) is 62.2 Å². The fourth-order valence-corrected chi connectivity index (χ4v) is 3.16. The predicted molar refractivity (Wildman–Crippen MR) is 83.8 cm³/mol. The number of benzene rings is 1. The van der Waals surface area contributed by atoms with E-state index in [1.165, 1.54) is 24.2 Å². The van der Waals surface area contributed by atoms with Gasteiger partial charge in [-0.3, -0.25) is 0 Å². The Kier molecular flexibility index (Phi) is 4.51. The van der Waals surface area contributed by atoms with Crippen molar-refractivity contribution in [2.75, 3.05) is 31.1 Å². The molecule has 1 N–H and O–H groups in total. The van der Waals surface area contributed by atoms with Gasteiger partial charge in [-0.15, -0.1) is 0 Å². The lowest BCUT2D eigenvalue weighted by Gasteiger charge is -2.39. The van der Waals surface area contributed by atoms with Gasteiger partial charge in [0.2, 0.25) is 0 Å². The molecule has 0 bridgehead atoms. The summed E-state index contributed by atoms with van der Waals surface area (Å²) in [5, 5.41) is 3.56. The van der Waals surface area contributed by atoms with Gasteiger partial charge in [0.25, 0.3) is 0 Å². The van der Waals surface area contributed by atoms with E-state index in [0.717, 1.165) is 25.6 Å². The molecule has 1 heterocycles. The molecule has 1 unspecified atom stereocenters. The summed E-state index contributed by atoms with van der Waals surface area (Å²) < 4.78 is 0. The van der Waals surface area contributed by atoms with Crippen LogP contribution in [-0.4, -0.2) is 26.2 Å². The van der Waals surface area contributed by atoms with E-state index >= 15 is 0 Å². The summed E-state index contributed by atoms with van der Waals surface area (Å²) in [6.45, 7) is 13.8. The van der Waals surface area contributed by atoms with Gasteiger partial charge >= 0.3 is 0 Å². The molecular weight excluding hydrogens is 232 g/mol. The monoisotopic (exact) mass is 260 g/mol. The minimum Gasteiger partial charge on any atom is -0.371 e. The van der Waals surface area contributed by atoms with Gasteiger partial charge in [0.15, 0.2) is 0 Å². The fourth-order valence-electron chi connectivity index (χ4n) is 3.16. The second kappa shape index (κ2) is 5.96. The summed E-state index contributed by atoms with van der Waals surface area (Å²) in [5.74, 6) is 0.723. The summed E-state index contributed by atoms with van der Waals surface area (Å²) in [6.07, 6.45) is 1.30. The summed E-state index contributed by atoms with van der Waals surface area (Å²) in [4.78, 5) is 2.54. The average Bonchev–Trinajstić information content (AvgIpc) is 2.86. The van der Waals surface area contributed by atoms with E-state index in [1.807, 2.05) is 0 Å². The Morgan fingerprint density at radius 2 is 2.16 bits per heavy atom. The summed E-state index contributed by atoms with van der Waals surface area (Å²) >= 11 is 0. The minimum absolute atomic E-state index is 0.430. The molecule has 0 amide bonds. The molecule has 1 aliphatic heterocycles. The Morgan fingerprint density at radius 3 is 2.68 bits per heavy atom. The van der Waals surface area contributed by atoms with Crippen molar-refractivity contribution >= 4 is 5.69 Å². The fraction of sp³-hybridized carbons (Fsp3) is 0.647. The lowest BCUT2D eigenvalue weighted by molar-refractivity contribution is 0.223. The van der Waals surface area contributed by atoms with Gasteiger partial charge in [-0.05, 0) is 50.4 Å². The Balaban J connectivity index is 2.18. The molecule has 0 radical (unpaired) electrons. The van der Waals surface area contributed by atoms with Crippen LogP contribution < -0.4 is 10.2 Å². The number of hydrogen-bond donors (Lipinski definition) is 1. The molecule has 0 saturated carbocycles. The predicted octanol–water partition coefficient (Wildman–Crippen LogP) is 3.46. The van der Waals surface area contributed by atoms with Crippen molar-refractivity contribution in [3.05, 3.63) is 29.8 Å². The van der Waals surface area contributed by atoms with Crippen molar-refractivity contribution in [3.8, 4) is 0 Å². The third-order valence-corrected chi connectivity index (χ3v) is 4.76. The van der Waals surface area contributed by atoms with Crippen molar-refractivity contribution in [3.63, 3.8) is 0 Å². The Hall–Kier alpha value is -1.02. The van der Waals surface area contributed by atoms with Crippen molar-refractivity contribution < 1.29 is 0 Å². The zero-order valence-electron chi connectivity index (χ0n) is 12.9. The Morgan fingerprint density at radius 1 is 1.37 bits per heavy atom. The molecule has 1 aliphatic rings. The smallest absolute Gasteiger partial charge is 0.0368 e. The van der Waals surface area contributed by atoms with Crippen LogP contribution in [0.2, 0.25) is 0 Å². The third kappa shape index (κ3) is 3.11. The van der Waals surface area contributed by atoms with Gasteiger partial charge in [-0.2, -0.15) is 0 Å². The SMILES string of the molecule is CCN(CC1(C(C)C)CCNC1)c1cccc(C)c1. The molecule has 106 valence electrons. The minimum atomic E-state index is 0.430. The molecule has 2 heteroatoms. The molecule has 1 aromatic carbocycles. The number of aryl methyl sites for hydroxylation is 1. The first kappa shape index (κ1) is 14.4. The molecule has 0 aliphatic carbocycles. The highest BCUT2D eigenvalue weighted by molar-refractivity contribution is 5.48. The van der Waals surface area contributed by atoms with E-state index in [4.69, 9.17) is 0 Å². The number of rotatable bonds is 5. The van der Waals surface area contributed by atoms with Crippen LogP contribution in [-0.2, 0) is 0 Å². The summed E-state index contributed by atoms with van der Waals surface area (Å²) in [5.41, 5.74) is 3.15. The van der Waals surface area contributed by atoms with Crippen molar-refractivity contribution in [2.24, 2.45) is 11.3 Å². The molecule has 1 aromatic rings. The van der Waals surface area contributed by atoms with Crippen LogP contribution in [0.1, 0.15) is 32.8 Å². The maximum absolute atomic E-state index is 3.56. The highest BCUT2D eigenvalue weighted by Gasteiger charge is 2.38. The van der Waals surface area contributed by atoms with Crippen LogP contribution in [0, 0.1) is 18.3 Å². The first-order valence-electron chi connectivity index (χ1n) is 7.60. The van der Waals surface area contributed by atoms with E-state index in [-0.39, 0.29) is 0 Å². The van der Waals surface area contributed by atoms with Crippen LogP contribution in [0.25, 0.3) is 0 Å². The molecule has 0 aromatic heterocycles. The molecule has 2 nitrogen and oxygen atoms in total. The van der Waals surface area contributed by atoms with Crippen LogP contribution in [0.5, 0.6) is 0 Å². The van der Waals surface area contributed by atoms with Gasteiger partial charge in [0.05, 0.1) is 0 Å². The second-order valence-corrected chi connectivity index (χ2v) is 6.30. The van der Waals surface area contributed by atoms with E-state index in [9.17, 15) is 0 Å².